The molecule has 1 atom stereocenters. The second kappa shape index (κ2) is 8.28. The highest BCUT2D eigenvalue weighted by atomic mass is 19.4. The molecule has 0 radical (unpaired) electrons. The fraction of sp³-hybridized carbons (Fsp3) is 0.300. The molecule has 1 unspecified atom stereocenters. The summed E-state index contributed by atoms with van der Waals surface area (Å²) in [5, 5.41) is 18.7. The number of nitrogens with zero attached hydrogens (tertiary/aromatic N) is 3. The van der Waals surface area contributed by atoms with Gasteiger partial charge in [-0.15, -0.1) is 0 Å². The fourth-order valence-corrected chi connectivity index (χ4v) is 3.41. The Balaban J connectivity index is 1.85. The van der Waals surface area contributed by atoms with Crippen LogP contribution < -0.4 is 4.90 Å². The predicted molar refractivity (Wildman–Crippen MR) is 96.6 cm³/mol. The minimum absolute atomic E-state index is 0.0491. The van der Waals surface area contributed by atoms with Crippen molar-refractivity contribution in [1.82, 2.24) is 4.90 Å². The van der Waals surface area contributed by atoms with Crippen molar-refractivity contribution < 1.29 is 31.9 Å². The summed E-state index contributed by atoms with van der Waals surface area (Å²) in [5.41, 5.74) is -1.81. The number of halogens is 5. The molecule has 2 aromatic carbocycles. The zero-order chi connectivity index (χ0) is 22.1. The van der Waals surface area contributed by atoms with Crippen molar-refractivity contribution in [2.45, 2.75) is 12.2 Å². The van der Waals surface area contributed by atoms with Crippen molar-refractivity contribution in [1.29, 1.82) is 5.26 Å². The van der Waals surface area contributed by atoms with Crippen LogP contribution in [0.1, 0.15) is 21.5 Å². The van der Waals surface area contributed by atoms with Crippen LogP contribution in [0.4, 0.5) is 27.6 Å². The van der Waals surface area contributed by atoms with E-state index in [0.717, 1.165) is 24.3 Å². The van der Waals surface area contributed by atoms with Crippen LogP contribution in [0.2, 0.25) is 0 Å². The summed E-state index contributed by atoms with van der Waals surface area (Å²) >= 11 is 0. The molecular weight excluding hydrogens is 409 g/mol. The van der Waals surface area contributed by atoms with Crippen LogP contribution in [0.3, 0.4) is 0 Å². The normalized spacial score (nSPS) is 17.0. The van der Waals surface area contributed by atoms with Crippen molar-refractivity contribution in [2.75, 3.05) is 31.1 Å². The van der Waals surface area contributed by atoms with E-state index >= 15 is 0 Å². The summed E-state index contributed by atoms with van der Waals surface area (Å²) < 4.78 is 66.7. The van der Waals surface area contributed by atoms with Gasteiger partial charge in [0.1, 0.15) is 11.6 Å². The summed E-state index contributed by atoms with van der Waals surface area (Å²) in [6, 6.07) is 6.53. The average molecular weight is 425 g/mol. The number of anilines is 1. The highest BCUT2D eigenvalue weighted by Crippen LogP contribution is 2.35. The summed E-state index contributed by atoms with van der Waals surface area (Å²) in [5.74, 6) is -2.56. The van der Waals surface area contributed by atoms with Gasteiger partial charge in [-0.1, -0.05) is 0 Å². The number of carbonyl (C=O) groups excluding carboxylic acids is 1. The molecule has 1 heterocycles. The minimum Gasteiger partial charge on any atom is -0.394 e. The Morgan fingerprint density at radius 2 is 1.90 bits per heavy atom. The predicted octanol–water partition coefficient (Wildman–Crippen LogP) is 3.18. The first-order valence-electron chi connectivity index (χ1n) is 8.89. The molecule has 10 heteroatoms. The Kier molecular flexibility index (Phi) is 5.94. The maximum atomic E-state index is 13.9. The zero-order valence-corrected chi connectivity index (χ0v) is 15.5. The molecule has 2 aromatic rings. The van der Waals surface area contributed by atoms with Crippen molar-refractivity contribution >= 4 is 11.6 Å². The third-order valence-electron chi connectivity index (χ3n) is 4.90. The number of hydrogen-bond acceptors (Lipinski definition) is 4. The lowest BCUT2D eigenvalue weighted by atomic mass is 10.0. The van der Waals surface area contributed by atoms with Crippen molar-refractivity contribution in [2.24, 2.45) is 0 Å². The molecule has 5 nitrogen and oxygen atoms in total. The first-order valence-corrected chi connectivity index (χ1v) is 8.89. The number of aliphatic hydroxyl groups is 1. The Bertz CT molecular complexity index is 1000. The molecule has 0 aromatic heterocycles. The first-order chi connectivity index (χ1) is 14.2. The van der Waals surface area contributed by atoms with Gasteiger partial charge >= 0.3 is 6.18 Å². The molecule has 1 saturated heterocycles. The SMILES string of the molecule is N#Cc1ccc(N2CCN(C(=O)c3ccc(F)cc3F)CC2CO)cc1C(F)(F)F. The molecule has 1 aliphatic heterocycles. The van der Waals surface area contributed by atoms with Gasteiger partial charge in [0.2, 0.25) is 0 Å². The molecule has 1 fully saturated rings. The van der Waals surface area contributed by atoms with E-state index in [-0.39, 0.29) is 30.9 Å². The molecule has 1 N–H and O–H groups in total. The van der Waals surface area contributed by atoms with Crippen molar-refractivity contribution in [3.05, 3.63) is 64.7 Å². The minimum atomic E-state index is -4.73. The van der Waals surface area contributed by atoms with Crippen molar-refractivity contribution in [3.8, 4) is 6.07 Å². The number of aliphatic hydroxyl groups excluding tert-OH is 1. The lowest BCUT2D eigenvalue weighted by molar-refractivity contribution is -0.137. The first kappa shape index (κ1) is 21.5. The largest absolute Gasteiger partial charge is 0.417 e. The highest BCUT2D eigenvalue weighted by molar-refractivity contribution is 5.94. The van der Waals surface area contributed by atoms with E-state index in [1.165, 1.54) is 21.9 Å². The number of benzene rings is 2. The van der Waals surface area contributed by atoms with E-state index in [9.17, 15) is 31.9 Å². The van der Waals surface area contributed by atoms with Gasteiger partial charge in [-0.25, -0.2) is 8.78 Å². The average Bonchev–Trinajstić information content (AvgIpc) is 2.71. The molecular formula is C20H16F5N3O2. The van der Waals surface area contributed by atoms with Gasteiger partial charge in [-0.3, -0.25) is 4.79 Å². The van der Waals surface area contributed by atoms with Crippen LogP contribution in [-0.4, -0.2) is 48.2 Å². The van der Waals surface area contributed by atoms with Gasteiger partial charge in [0, 0.05) is 31.4 Å². The van der Waals surface area contributed by atoms with E-state index in [1.54, 1.807) is 0 Å². The third kappa shape index (κ3) is 4.21. The number of piperazine rings is 1. The van der Waals surface area contributed by atoms with E-state index < -0.39 is 47.5 Å². The van der Waals surface area contributed by atoms with Gasteiger partial charge in [0.25, 0.3) is 5.91 Å². The smallest absolute Gasteiger partial charge is 0.394 e. The molecule has 30 heavy (non-hydrogen) atoms. The molecule has 0 saturated carbocycles. The van der Waals surface area contributed by atoms with Crippen LogP contribution in [-0.2, 0) is 6.18 Å². The van der Waals surface area contributed by atoms with E-state index in [1.807, 2.05) is 0 Å². The molecule has 158 valence electrons. The lowest BCUT2D eigenvalue weighted by Crippen LogP contribution is -2.56. The van der Waals surface area contributed by atoms with Gasteiger partial charge < -0.3 is 14.9 Å². The second-order valence-electron chi connectivity index (χ2n) is 6.74. The molecule has 1 amide bonds. The van der Waals surface area contributed by atoms with Crippen LogP contribution in [0.25, 0.3) is 0 Å². The quantitative estimate of drug-likeness (QED) is 0.768. The van der Waals surface area contributed by atoms with Crippen LogP contribution >= 0.6 is 0 Å². The maximum Gasteiger partial charge on any atom is 0.417 e. The number of alkyl halides is 3. The topological polar surface area (TPSA) is 67.6 Å². The lowest BCUT2D eigenvalue weighted by Gasteiger charge is -2.42. The van der Waals surface area contributed by atoms with Crippen LogP contribution in [0.15, 0.2) is 36.4 Å². The van der Waals surface area contributed by atoms with Gasteiger partial charge in [0.15, 0.2) is 0 Å². The number of rotatable bonds is 3. The van der Waals surface area contributed by atoms with E-state index in [2.05, 4.69) is 0 Å². The standard InChI is InChI=1S/C20H16F5N3O2/c21-13-2-4-16(18(22)7-13)19(30)27-5-6-28(15(10-27)11-29)14-3-1-12(9-26)17(8-14)20(23,24)25/h1-4,7-8,15,29H,5-6,10-11H2. The summed E-state index contributed by atoms with van der Waals surface area (Å²) in [7, 11) is 0. The fourth-order valence-electron chi connectivity index (χ4n) is 3.41. The Morgan fingerprint density at radius 3 is 2.50 bits per heavy atom. The summed E-state index contributed by atoms with van der Waals surface area (Å²) in [4.78, 5) is 15.3. The zero-order valence-electron chi connectivity index (χ0n) is 15.5. The summed E-state index contributed by atoms with van der Waals surface area (Å²) in [6.45, 7) is -0.430. The maximum absolute atomic E-state index is 13.9. The van der Waals surface area contributed by atoms with Gasteiger partial charge in [-0.05, 0) is 30.3 Å². The van der Waals surface area contributed by atoms with Crippen LogP contribution in [0.5, 0.6) is 0 Å². The second-order valence-corrected chi connectivity index (χ2v) is 6.74. The molecule has 0 aliphatic carbocycles. The summed E-state index contributed by atoms with van der Waals surface area (Å²) in [6.07, 6.45) is -4.73. The molecule has 1 aliphatic rings. The Hall–Kier alpha value is -3.19. The number of nitriles is 1. The Morgan fingerprint density at radius 1 is 1.17 bits per heavy atom. The highest BCUT2D eigenvalue weighted by Gasteiger charge is 2.36. The monoisotopic (exact) mass is 425 g/mol. The van der Waals surface area contributed by atoms with Gasteiger partial charge in [-0.2, -0.15) is 18.4 Å². The molecule has 0 bridgehead atoms. The third-order valence-corrected chi connectivity index (χ3v) is 4.90. The molecule has 3 rings (SSSR count). The number of amides is 1. The number of carbonyl (C=O) groups is 1. The molecule has 0 spiro atoms. The number of hydrogen-bond donors (Lipinski definition) is 1. The van der Waals surface area contributed by atoms with Gasteiger partial charge in [0.05, 0.1) is 35.4 Å². The Labute approximate surface area is 168 Å². The van der Waals surface area contributed by atoms with Crippen molar-refractivity contribution in [3.63, 3.8) is 0 Å². The van der Waals surface area contributed by atoms with E-state index in [0.29, 0.717) is 6.07 Å². The van der Waals surface area contributed by atoms with Crippen LogP contribution in [0, 0.1) is 23.0 Å². The van der Waals surface area contributed by atoms with E-state index in [4.69, 9.17) is 5.26 Å².